The molecule has 0 fully saturated rings. The molecule has 0 saturated heterocycles. The van der Waals surface area contributed by atoms with Gasteiger partial charge in [0.2, 0.25) is 4.96 Å². The van der Waals surface area contributed by atoms with E-state index in [0.717, 1.165) is 10.7 Å². The molecule has 0 aromatic carbocycles. The molecule has 0 aliphatic heterocycles. The second-order valence-electron chi connectivity index (χ2n) is 3.62. The molecule has 2 aromatic rings. The summed E-state index contributed by atoms with van der Waals surface area (Å²) in [5.41, 5.74) is 1.07. The SMILES string of the molecule is CC(C)c1csc2nnc(CC(=O)O)n12. The smallest absolute Gasteiger partial charge is 0.311 e. The van der Waals surface area contributed by atoms with Gasteiger partial charge >= 0.3 is 5.97 Å². The van der Waals surface area contributed by atoms with E-state index in [0.29, 0.717) is 11.7 Å². The summed E-state index contributed by atoms with van der Waals surface area (Å²) >= 11 is 1.49. The fourth-order valence-corrected chi connectivity index (χ4v) is 2.45. The van der Waals surface area contributed by atoms with Gasteiger partial charge in [0.25, 0.3) is 0 Å². The third kappa shape index (κ3) is 1.72. The summed E-state index contributed by atoms with van der Waals surface area (Å²) in [6.07, 6.45) is -0.0857. The normalized spacial score (nSPS) is 11.4. The van der Waals surface area contributed by atoms with Crippen molar-refractivity contribution in [1.82, 2.24) is 14.6 Å². The number of carboxylic acid groups (broad SMARTS) is 1. The van der Waals surface area contributed by atoms with E-state index < -0.39 is 5.97 Å². The Hall–Kier alpha value is -1.43. The van der Waals surface area contributed by atoms with Crippen LogP contribution in [-0.2, 0) is 11.2 Å². The Morgan fingerprint density at radius 1 is 1.60 bits per heavy atom. The molecule has 1 N–H and O–H groups in total. The first kappa shape index (κ1) is 10.1. The van der Waals surface area contributed by atoms with Gasteiger partial charge in [-0.15, -0.1) is 21.5 Å². The summed E-state index contributed by atoms with van der Waals surface area (Å²) in [6, 6.07) is 0. The van der Waals surface area contributed by atoms with E-state index in [4.69, 9.17) is 5.11 Å². The van der Waals surface area contributed by atoms with Crippen LogP contribution in [-0.4, -0.2) is 25.7 Å². The molecule has 15 heavy (non-hydrogen) atoms. The molecule has 0 saturated carbocycles. The predicted octanol–water partition coefficient (Wildman–Crippen LogP) is 1.54. The zero-order valence-electron chi connectivity index (χ0n) is 8.47. The molecule has 0 aliphatic rings. The largest absolute Gasteiger partial charge is 0.481 e. The van der Waals surface area contributed by atoms with Gasteiger partial charge in [-0.3, -0.25) is 9.20 Å². The second-order valence-corrected chi connectivity index (χ2v) is 4.46. The van der Waals surface area contributed by atoms with Crippen LogP contribution in [0.1, 0.15) is 31.3 Å². The van der Waals surface area contributed by atoms with E-state index in [1.165, 1.54) is 11.3 Å². The number of carboxylic acids is 1. The lowest BCUT2D eigenvalue weighted by atomic mass is 10.1. The van der Waals surface area contributed by atoms with Crippen molar-refractivity contribution in [2.24, 2.45) is 0 Å². The van der Waals surface area contributed by atoms with E-state index in [9.17, 15) is 4.79 Å². The molecule has 5 nitrogen and oxygen atoms in total. The molecular formula is C9H11N3O2S. The number of thiazole rings is 1. The maximum Gasteiger partial charge on any atom is 0.311 e. The zero-order chi connectivity index (χ0) is 11.0. The van der Waals surface area contributed by atoms with Crippen molar-refractivity contribution >= 4 is 22.3 Å². The van der Waals surface area contributed by atoms with Crippen molar-refractivity contribution in [2.75, 3.05) is 0 Å². The number of rotatable bonds is 3. The van der Waals surface area contributed by atoms with E-state index in [-0.39, 0.29) is 6.42 Å². The number of fused-ring (bicyclic) bond motifs is 1. The summed E-state index contributed by atoms with van der Waals surface area (Å²) in [6.45, 7) is 4.12. The molecule has 0 atom stereocenters. The Balaban J connectivity index is 2.55. The van der Waals surface area contributed by atoms with Gasteiger partial charge < -0.3 is 5.11 Å². The molecule has 0 radical (unpaired) electrons. The number of carbonyl (C=O) groups is 1. The minimum absolute atomic E-state index is 0.0857. The zero-order valence-corrected chi connectivity index (χ0v) is 9.28. The first-order chi connectivity index (χ1) is 7.09. The van der Waals surface area contributed by atoms with Gasteiger partial charge in [0.05, 0.1) is 0 Å². The van der Waals surface area contributed by atoms with Gasteiger partial charge in [0.1, 0.15) is 12.2 Å². The lowest BCUT2D eigenvalue weighted by Crippen LogP contribution is -2.06. The van der Waals surface area contributed by atoms with Gasteiger partial charge in [-0.1, -0.05) is 13.8 Å². The van der Waals surface area contributed by atoms with Crippen LogP contribution in [0.15, 0.2) is 5.38 Å². The van der Waals surface area contributed by atoms with Crippen molar-refractivity contribution in [2.45, 2.75) is 26.2 Å². The highest BCUT2D eigenvalue weighted by Gasteiger charge is 2.15. The summed E-state index contributed by atoms with van der Waals surface area (Å²) < 4.78 is 1.84. The van der Waals surface area contributed by atoms with Gasteiger partial charge in [-0.05, 0) is 5.92 Å². The molecule has 0 amide bonds. The van der Waals surface area contributed by atoms with Gasteiger partial charge in [0, 0.05) is 11.1 Å². The molecule has 0 bridgehead atoms. The van der Waals surface area contributed by atoms with Crippen LogP contribution in [0, 0.1) is 0 Å². The standard InChI is InChI=1S/C9H11N3O2S/c1-5(2)6-4-15-9-11-10-7(12(6)9)3-8(13)14/h4-5H,3H2,1-2H3,(H,13,14). The van der Waals surface area contributed by atoms with Crippen molar-refractivity contribution in [3.05, 3.63) is 16.9 Å². The van der Waals surface area contributed by atoms with Gasteiger partial charge in [-0.2, -0.15) is 0 Å². The first-order valence-electron chi connectivity index (χ1n) is 4.62. The van der Waals surface area contributed by atoms with Crippen LogP contribution in [0.3, 0.4) is 0 Å². The Morgan fingerprint density at radius 2 is 2.33 bits per heavy atom. The molecule has 0 spiro atoms. The lowest BCUT2D eigenvalue weighted by Gasteiger charge is -2.03. The van der Waals surface area contributed by atoms with E-state index in [2.05, 4.69) is 24.0 Å². The molecule has 2 rings (SSSR count). The number of hydrogen-bond donors (Lipinski definition) is 1. The van der Waals surface area contributed by atoms with Crippen molar-refractivity contribution in [3.63, 3.8) is 0 Å². The van der Waals surface area contributed by atoms with Crippen molar-refractivity contribution < 1.29 is 9.90 Å². The highest BCUT2D eigenvalue weighted by Crippen LogP contribution is 2.23. The fourth-order valence-electron chi connectivity index (χ4n) is 1.45. The molecule has 0 aliphatic carbocycles. The predicted molar refractivity (Wildman–Crippen MR) is 56.3 cm³/mol. The van der Waals surface area contributed by atoms with Crippen LogP contribution in [0.4, 0.5) is 0 Å². The summed E-state index contributed by atoms with van der Waals surface area (Å²) in [7, 11) is 0. The number of nitrogens with zero attached hydrogens (tertiary/aromatic N) is 3. The molecule has 0 unspecified atom stereocenters. The minimum Gasteiger partial charge on any atom is -0.481 e. The van der Waals surface area contributed by atoms with Crippen molar-refractivity contribution in [3.8, 4) is 0 Å². The topological polar surface area (TPSA) is 67.5 Å². The Labute approximate surface area is 90.4 Å². The summed E-state index contributed by atoms with van der Waals surface area (Å²) in [5, 5.41) is 18.6. The van der Waals surface area contributed by atoms with E-state index >= 15 is 0 Å². The number of aromatic nitrogens is 3. The minimum atomic E-state index is -0.884. The van der Waals surface area contributed by atoms with E-state index in [1.54, 1.807) is 0 Å². The molecule has 80 valence electrons. The monoisotopic (exact) mass is 225 g/mol. The maximum atomic E-state index is 10.6. The fraction of sp³-hybridized carbons (Fsp3) is 0.444. The highest BCUT2D eigenvalue weighted by molar-refractivity contribution is 7.15. The summed E-state index contributed by atoms with van der Waals surface area (Å²) in [4.78, 5) is 11.4. The Bertz CT molecular complexity index is 500. The van der Waals surface area contributed by atoms with Gasteiger partial charge in [-0.25, -0.2) is 0 Å². The van der Waals surface area contributed by atoms with Crippen LogP contribution in [0.25, 0.3) is 4.96 Å². The molecule has 2 aromatic heterocycles. The molecular weight excluding hydrogens is 214 g/mol. The number of aliphatic carboxylic acids is 1. The first-order valence-corrected chi connectivity index (χ1v) is 5.50. The Morgan fingerprint density at radius 3 is 2.93 bits per heavy atom. The van der Waals surface area contributed by atoms with E-state index in [1.807, 2.05) is 9.78 Å². The lowest BCUT2D eigenvalue weighted by molar-refractivity contribution is -0.136. The maximum absolute atomic E-state index is 10.6. The third-order valence-corrected chi connectivity index (χ3v) is 2.98. The van der Waals surface area contributed by atoms with Crippen molar-refractivity contribution in [1.29, 1.82) is 0 Å². The highest BCUT2D eigenvalue weighted by atomic mass is 32.1. The van der Waals surface area contributed by atoms with Gasteiger partial charge in [0.15, 0.2) is 0 Å². The van der Waals surface area contributed by atoms with Crippen LogP contribution in [0.2, 0.25) is 0 Å². The number of hydrogen-bond acceptors (Lipinski definition) is 4. The molecule has 6 heteroatoms. The average Bonchev–Trinajstić information content (AvgIpc) is 2.66. The second kappa shape index (κ2) is 3.62. The van der Waals surface area contributed by atoms with Crippen LogP contribution < -0.4 is 0 Å². The van der Waals surface area contributed by atoms with Crippen LogP contribution in [0.5, 0.6) is 0 Å². The molecule has 2 heterocycles. The quantitative estimate of drug-likeness (QED) is 0.860. The third-order valence-electron chi connectivity index (χ3n) is 2.14. The Kier molecular flexibility index (Phi) is 2.44. The summed E-state index contributed by atoms with van der Waals surface area (Å²) in [5.74, 6) is -0.0463. The average molecular weight is 225 g/mol. The van der Waals surface area contributed by atoms with Crippen LogP contribution >= 0.6 is 11.3 Å².